The molecule has 0 bridgehead atoms. The molecule has 14 nitrogen and oxygen atoms in total. The Bertz CT molecular complexity index is 954. The van der Waals surface area contributed by atoms with Crippen molar-refractivity contribution in [2.24, 2.45) is 0 Å². The molecule has 2 fully saturated rings. The third kappa shape index (κ3) is 19.3. The van der Waals surface area contributed by atoms with Crippen LogP contribution in [0.15, 0.2) is 12.2 Å². The molecule has 7 N–H and O–H groups in total. The van der Waals surface area contributed by atoms with Gasteiger partial charge in [0.05, 0.1) is 26.4 Å². The molecule has 0 aromatic rings. The predicted octanol–water partition coefficient (Wildman–Crippen LogP) is 3.56. The number of carbonyl (C=O) groups excluding carboxylic acids is 1. The predicted molar refractivity (Wildman–Crippen MR) is 201 cm³/mol. The first-order chi connectivity index (χ1) is 26.1. The van der Waals surface area contributed by atoms with Crippen molar-refractivity contribution < 1.29 is 69.0 Å². The number of carbonyl (C=O) groups is 1. The number of hydrogen-bond acceptors (Lipinski definition) is 14. The van der Waals surface area contributed by atoms with Crippen LogP contribution in [0.3, 0.4) is 0 Å². The average molecular weight is 779 g/mol. The van der Waals surface area contributed by atoms with Crippen molar-refractivity contribution in [3.63, 3.8) is 0 Å². The second kappa shape index (κ2) is 29.9. The van der Waals surface area contributed by atoms with Crippen molar-refractivity contribution in [3.05, 3.63) is 12.2 Å². The summed E-state index contributed by atoms with van der Waals surface area (Å²) in [7, 11) is 0. The zero-order valence-corrected chi connectivity index (χ0v) is 33.0. The summed E-state index contributed by atoms with van der Waals surface area (Å²) in [4.78, 5) is 12.8. The Morgan fingerprint density at radius 2 is 1.09 bits per heavy atom. The van der Waals surface area contributed by atoms with Gasteiger partial charge in [-0.15, -0.1) is 0 Å². The molecule has 2 aliphatic heterocycles. The van der Waals surface area contributed by atoms with Gasteiger partial charge in [0.15, 0.2) is 12.6 Å². The first kappa shape index (κ1) is 48.9. The maximum absolute atomic E-state index is 12.8. The smallest absolute Gasteiger partial charge is 0.306 e. The number of unbranched alkanes of at least 4 members (excludes halogenated alkanes) is 15. The molecular formula is C40H74O14. The van der Waals surface area contributed by atoms with Crippen LogP contribution in [0.25, 0.3) is 0 Å². The Kier molecular flexibility index (Phi) is 27.1. The highest BCUT2D eigenvalue weighted by molar-refractivity contribution is 5.69. The van der Waals surface area contributed by atoms with Crippen LogP contribution in [-0.4, -0.2) is 142 Å². The Balaban J connectivity index is 1.84. The van der Waals surface area contributed by atoms with Crippen LogP contribution >= 0.6 is 0 Å². The van der Waals surface area contributed by atoms with Gasteiger partial charge in [-0.2, -0.15) is 0 Å². The van der Waals surface area contributed by atoms with Crippen molar-refractivity contribution in [1.29, 1.82) is 0 Å². The third-order valence-electron chi connectivity index (χ3n) is 10.0. The molecule has 0 saturated carbocycles. The van der Waals surface area contributed by atoms with E-state index in [0.717, 1.165) is 57.8 Å². The van der Waals surface area contributed by atoms with Crippen molar-refractivity contribution in [2.75, 3.05) is 33.0 Å². The maximum atomic E-state index is 12.8. The van der Waals surface area contributed by atoms with E-state index in [1.807, 2.05) is 0 Å². The van der Waals surface area contributed by atoms with Crippen LogP contribution in [0.4, 0.5) is 0 Å². The molecule has 14 heteroatoms. The molecule has 2 aliphatic rings. The number of aliphatic hydroxyl groups excluding tert-OH is 7. The molecule has 0 spiro atoms. The minimum absolute atomic E-state index is 0.0609. The molecule has 0 aromatic heterocycles. The minimum Gasteiger partial charge on any atom is -0.457 e. The number of aliphatic hydroxyl groups is 7. The summed E-state index contributed by atoms with van der Waals surface area (Å²) in [6.07, 6.45) is 8.79. The Labute approximate surface area is 323 Å². The monoisotopic (exact) mass is 779 g/mol. The van der Waals surface area contributed by atoms with Gasteiger partial charge >= 0.3 is 5.97 Å². The Morgan fingerprint density at radius 1 is 0.593 bits per heavy atom. The first-order valence-corrected chi connectivity index (χ1v) is 20.8. The van der Waals surface area contributed by atoms with Gasteiger partial charge in [-0.05, 0) is 38.5 Å². The second-order valence-corrected chi connectivity index (χ2v) is 14.8. The van der Waals surface area contributed by atoms with Gasteiger partial charge in [-0.1, -0.05) is 103 Å². The molecule has 0 aromatic carbocycles. The van der Waals surface area contributed by atoms with Crippen molar-refractivity contribution in [2.45, 2.75) is 203 Å². The normalized spacial score (nSPS) is 29.5. The minimum atomic E-state index is -1.70. The average Bonchev–Trinajstić information content (AvgIpc) is 3.16. The third-order valence-corrected chi connectivity index (χ3v) is 10.0. The van der Waals surface area contributed by atoms with Gasteiger partial charge in [0.2, 0.25) is 0 Å². The zero-order chi connectivity index (χ0) is 39.6. The molecule has 11 unspecified atom stereocenters. The van der Waals surface area contributed by atoms with E-state index in [9.17, 15) is 40.5 Å². The summed E-state index contributed by atoms with van der Waals surface area (Å²) in [5, 5.41) is 71.6. The van der Waals surface area contributed by atoms with Crippen LogP contribution in [0.1, 0.15) is 136 Å². The first-order valence-electron chi connectivity index (χ1n) is 20.8. The van der Waals surface area contributed by atoms with Crippen LogP contribution in [0.5, 0.6) is 0 Å². The molecular weight excluding hydrogens is 704 g/mol. The number of hydrogen-bond donors (Lipinski definition) is 7. The van der Waals surface area contributed by atoms with Gasteiger partial charge < -0.3 is 64.2 Å². The van der Waals surface area contributed by atoms with E-state index in [2.05, 4.69) is 26.0 Å². The largest absolute Gasteiger partial charge is 0.457 e. The van der Waals surface area contributed by atoms with E-state index in [0.29, 0.717) is 13.0 Å². The summed E-state index contributed by atoms with van der Waals surface area (Å²) in [6.45, 7) is 3.60. The van der Waals surface area contributed by atoms with Crippen LogP contribution in [-0.2, 0) is 33.2 Å². The van der Waals surface area contributed by atoms with Gasteiger partial charge in [-0.25, -0.2) is 0 Å². The highest BCUT2D eigenvalue weighted by Gasteiger charge is 2.47. The highest BCUT2D eigenvalue weighted by atomic mass is 16.7. The lowest BCUT2D eigenvalue weighted by atomic mass is 9.98. The lowest BCUT2D eigenvalue weighted by Crippen LogP contribution is -2.61. The fraction of sp³-hybridized carbons (Fsp3) is 0.925. The van der Waals surface area contributed by atoms with Gasteiger partial charge in [0, 0.05) is 13.0 Å². The van der Waals surface area contributed by atoms with Crippen LogP contribution in [0, 0.1) is 0 Å². The molecule has 11 atom stereocenters. The van der Waals surface area contributed by atoms with E-state index in [4.69, 9.17) is 28.4 Å². The second-order valence-electron chi connectivity index (χ2n) is 14.8. The molecule has 2 rings (SSSR count). The maximum Gasteiger partial charge on any atom is 0.306 e. The Hall–Kier alpha value is -1.27. The summed E-state index contributed by atoms with van der Waals surface area (Å²) in [6, 6.07) is 0. The van der Waals surface area contributed by atoms with E-state index in [1.54, 1.807) is 0 Å². The summed E-state index contributed by atoms with van der Waals surface area (Å²) in [5.41, 5.74) is 0. The van der Waals surface area contributed by atoms with E-state index < -0.39 is 80.7 Å². The summed E-state index contributed by atoms with van der Waals surface area (Å²) >= 11 is 0. The molecule has 2 heterocycles. The zero-order valence-electron chi connectivity index (χ0n) is 33.0. The topological polar surface area (TPSA) is 214 Å². The molecule has 2 saturated heterocycles. The molecule has 54 heavy (non-hydrogen) atoms. The fourth-order valence-electron chi connectivity index (χ4n) is 6.51. The number of esters is 1. The SMILES string of the molecule is CCCCCC/C=C\CCCCCCCC(=O)OC(COCCCCCCCCC)COC1OC(COC2OC(CO)C(O)C(O)C2O)C(O)C(O)C1O. The van der Waals surface area contributed by atoms with Crippen molar-refractivity contribution in [1.82, 2.24) is 0 Å². The molecule has 0 amide bonds. The van der Waals surface area contributed by atoms with E-state index in [1.165, 1.54) is 51.4 Å². The molecule has 0 aliphatic carbocycles. The lowest BCUT2D eigenvalue weighted by molar-refractivity contribution is -0.332. The fourth-order valence-corrected chi connectivity index (χ4v) is 6.51. The summed E-state index contributed by atoms with van der Waals surface area (Å²) in [5.74, 6) is -0.388. The van der Waals surface area contributed by atoms with E-state index in [-0.39, 0.29) is 25.6 Å². The number of rotatable bonds is 31. The highest BCUT2D eigenvalue weighted by Crippen LogP contribution is 2.26. The number of allylic oxidation sites excluding steroid dienone is 2. The van der Waals surface area contributed by atoms with Gasteiger partial charge in [0.25, 0.3) is 0 Å². The summed E-state index contributed by atoms with van der Waals surface area (Å²) < 4.78 is 33.9. The van der Waals surface area contributed by atoms with Crippen molar-refractivity contribution >= 4 is 5.97 Å². The molecule has 318 valence electrons. The Morgan fingerprint density at radius 3 is 1.70 bits per heavy atom. The van der Waals surface area contributed by atoms with Crippen LogP contribution in [0.2, 0.25) is 0 Å². The van der Waals surface area contributed by atoms with Gasteiger partial charge in [-0.3, -0.25) is 4.79 Å². The van der Waals surface area contributed by atoms with Gasteiger partial charge in [0.1, 0.15) is 54.9 Å². The molecule has 0 radical (unpaired) electrons. The number of ether oxygens (including phenoxy) is 6. The quantitative estimate of drug-likeness (QED) is 0.0305. The van der Waals surface area contributed by atoms with Crippen molar-refractivity contribution in [3.8, 4) is 0 Å². The van der Waals surface area contributed by atoms with E-state index >= 15 is 0 Å². The lowest BCUT2D eigenvalue weighted by Gasteiger charge is -2.42. The van der Waals surface area contributed by atoms with Crippen LogP contribution < -0.4 is 0 Å². The standard InChI is InChI=1S/C40H74O14/c1-3-5-7-9-11-12-13-14-15-16-17-19-21-23-32(42)52-29(26-49-24-22-20-18-10-8-6-4-2)27-50-39-38(48)36(46)34(44)31(54-39)28-51-40-37(47)35(45)33(43)30(25-41)53-40/h12-13,29-31,33-41,43-48H,3-11,14-28H2,1-2H3/b13-12-.